The third-order valence-corrected chi connectivity index (χ3v) is 4.82. The van der Waals surface area contributed by atoms with E-state index in [1.165, 1.54) is 38.5 Å². The summed E-state index contributed by atoms with van der Waals surface area (Å²) in [6.45, 7) is 6.98. The molecule has 0 bridgehead atoms. The molecule has 0 rings (SSSR count). The zero-order chi connectivity index (χ0) is 19.6. The quantitative estimate of drug-likeness (QED) is 0.299. The van der Waals surface area contributed by atoms with E-state index < -0.39 is 6.04 Å². The standard InChI is InChI=1S/C21H41NO4/c1-5-18(3)20(21(24)26-6-2)22-19(23)16-14-12-10-8-7-9-11-13-15-17-25-4/h18,20H,5-17H2,1-4H3,(H,22,23)/t18-,20-/m0/s1. The van der Waals surface area contributed by atoms with E-state index in [2.05, 4.69) is 5.32 Å². The van der Waals surface area contributed by atoms with Crippen LogP contribution in [-0.2, 0) is 19.1 Å². The number of ether oxygens (including phenoxy) is 2. The fourth-order valence-electron chi connectivity index (χ4n) is 2.92. The van der Waals surface area contributed by atoms with Crippen LogP contribution in [0.5, 0.6) is 0 Å². The van der Waals surface area contributed by atoms with Gasteiger partial charge in [0.1, 0.15) is 6.04 Å². The number of methoxy groups -OCH3 is 1. The van der Waals surface area contributed by atoms with Crippen LogP contribution in [0.4, 0.5) is 0 Å². The lowest BCUT2D eigenvalue weighted by molar-refractivity contribution is -0.149. The summed E-state index contributed by atoms with van der Waals surface area (Å²) in [5.41, 5.74) is 0. The van der Waals surface area contributed by atoms with Crippen LogP contribution >= 0.6 is 0 Å². The summed E-state index contributed by atoms with van der Waals surface area (Å²) in [7, 11) is 1.75. The van der Waals surface area contributed by atoms with E-state index in [1.54, 1.807) is 14.0 Å². The van der Waals surface area contributed by atoms with Crippen molar-refractivity contribution in [3.8, 4) is 0 Å². The van der Waals surface area contributed by atoms with Gasteiger partial charge in [0.25, 0.3) is 0 Å². The number of nitrogens with one attached hydrogen (secondary N) is 1. The Kier molecular flexibility index (Phi) is 16.6. The van der Waals surface area contributed by atoms with Crippen LogP contribution in [0.1, 0.15) is 91.4 Å². The molecule has 0 aliphatic rings. The molecule has 26 heavy (non-hydrogen) atoms. The Balaban J connectivity index is 3.75. The minimum absolute atomic E-state index is 0.0403. The SMILES string of the molecule is CCOC(=O)[C@@H](NC(=O)CCCCCCCCCCCOC)[C@@H](C)CC. The Bertz CT molecular complexity index is 360. The third kappa shape index (κ3) is 13.2. The Morgan fingerprint density at radius 3 is 1.92 bits per heavy atom. The van der Waals surface area contributed by atoms with E-state index in [0.717, 1.165) is 32.3 Å². The molecule has 0 aromatic heterocycles. The predicted octanol–water partition coefficient (Wildman–Crippen LogP) is 4.63. The van der Waals surface area contributed by atoms with Crippen LogP contribution in [0.25, 0.3) is 0 Å². The fourth-order valence-corrected chi connectivity index (χ4v) is 2.92. The topological polar surface area (TPSA) is 64.6 Å². The molecule has 0 aliphatic heterocycles. The van der Waals surface area contributed by atoms with E-state index in [1.807, 2.05) is 13.8 Å². The molecular formula is C21H41NO4. The van der Waals surface area contributed by atoms with Crippen LogP contribution in [0.15, 0.2) is 0 Å². The normalized spacial score (nSPS) is 13.2. The fraction of sp³-hybridized carbons (Fsp3) is 0.905. The minimum atomic E-state index is -0.523. The van der Waals surface area contributed by atoms with Crippen LogP contribution < -0.4 is 5.32 Å². The van der Waals surface area contributed by atoms with Crippen molar-refractivity contribution in [2.24, 2.45) is 5.92 Å². The van der Waals surface area contributed by atoms with Gasteiger partial charge in [-0.2, -0.15) is 0 Å². The van der Waals surface area contributed by atoms with Crippen molar-refractivity contribution in [2.45, 2.75) is 97.4 Å². The van der Waals surface area contributed by atoms with E-state index >= 15 is 0 Å². The molecule has 154 valence electrons. The highest BCUT2D eigenvalue weighted by atomic mass is 16.5. The van der Waals surface area contributed by atoms with E-state index in [-0.39, 0.29) is 17.8 Å². The highest BCUT2D eigenvalue weighted by Gasteiger charge is 2.26. The number of hydrogen-bond donors (Lipinski definition) is 1. The maximum absolute atomic E-state index is 12.1. The molecule has 0 fully saturated rings. The number of hydrogen-bond acceptors (Lipinski definition) is 4. The molecule has 2 atom stereocenters. The number of unbranched alkanes of at least 4 members (excludes halogenated alkanes) is 8. The molecular weight excluding hydrogens is 330 g/mol. The first kappa shape index (κ1) is 24.9. The lowest BCUT2D eigenvalue weighted by Crippen LogP contribution is -2.45. The molecule has 0 aliphatic carbocycles. The maximum atomic E-state index is 12.1. The second-order valence-electron chi connectivity index (χ2n) is 7.11. The summed E-state index contributed by atoms with van der Waals surface area (Å²) in [4.78, 5) is 24.1. The number of rotatable bonds is 17. The van der Waals surface area contributed by atoms with Gasteiger partial charge in [0.15, 0.2) is 0 Å². The molecule has 1 N–H and O–H groups in total. The van der Waals surface area contributed by atoms with Gasteiger partial charge in [-0.05, 0) is 25.7 Å². The van der Waals surface area contributed by atoms with Crippen molar-refractivity contribution in [2.75, 3.05) is 20.3 Å². The molecule has 0 aromatic carbocycles. The summed E-state index contributed by atoms with van der Waals surface area (Å²) < 4.78 is 10.1. The lowest BCUT2D eigenvalue weighted by Gasteiger charge is -2.22. The molecule has 0 radical (unpaired) electrons. The van der Waals surface area contributed by atoms with Gasteiger partial charge < -0.3 is 14.8 Å². The van der Waals surface area contributed by atoms with E-state index in [9.17, 15) is 9.59 Å². The number of carbonyl (C=O) groups is 2. The predicted molar refractivity (Wildman–Crippen MR) is 106 cm³/mol. The Morgan fingerprint density at radius 1 is 0.885 bits per heavy atom. The average molecular weight is 372 g/mol. The zero-order valence-electron chi connectivity index (χ0n) is 17.5. The monoisotopic (exact) mass is 371 g/mol. The molecule has 5 heteroatoms. The summed E-state index contributed by atoms with van der Waals surface area (Å²) in [6.07, 6.45) is 12.0. The molecule has 0 spiro atoms. The van der Waals surface area contributed by atoms with E-state index in [4.69, 9.17) is 9.47 Å². The van der Waals surface area contributed by atoms with Crippen molar-refractivity contribution < 1.29 is 19.1 Å². The highest BCUT2D eigenvalue weighted by Crippen LogP contribution is 2.12. The summed E-state index contributed by atoms with van der Waals surface area (Å²) >= 11 is 0. The molecule has 0 heterocycles. The summed E-state index contributed by atoms with van der Waals surface area (Å²) in [5, 5.41) is 2.86. The third-order valence-electron chi connectivity index (χ3n) is 4.82. The average Bonchev–Trinajstić information content (AvgIpc) is 2.63. The van der Waals surface area contributed by atoms with Gasteiger partial charge in [-0.25, -0.2) is 4.79 Å². The maximum Gasteiger partial charge on any atom is 0.328 e. The largest absolute Gasteiger partial charge is 0.464 e. The van der Waals surface area contributed by atoms with Gasteiger partial charge in [-0.3, -0.25) is 4.79 Å². The number of esters is 1. The first-order chi connectivity index (χ1) is 12.6. The summed E-state index contributed by atoms with van der Waals surface area (Å²) in [5.74, 6) is -0.274. The number of amides is 1. The van der Waals surface area contributed by atoms with Gasteiger partial charge in [0, 0.05) is 20.1 Å². The molecule has 0 aromatic rings. The van der Waals surface area contributed by atoms with Crippen molar-refractivity contribution in [1.82, 2.24) is 5.32 Å². The van der Waals surface area contributed by atoms with Crippen LogP contribution in [-0.4, -0.2) is 38.2 Å². The van der Waals surface area contributed by atoms with Gasteiger partial charge >= 0.3 is 5.97 Å². The smallest absolute Gasteiger partial charge is 0.328 e. The molecule has 1 amide bonds. The molecule has 0 unspecified atom stereocenters. The van der Waals surface area contributed by atoms with Gasteiger partial charge in [0.2, 0.25) is 5.91 Å². The van der Waals surface area contributed by atoms with Gasteiger partial charge in [-0.1, -0.05) is 65.2 Å². The second kappa shape index (κ2) is 17.3. The Labute approximate surface area is 160 Å². The summed E-state index contributed by atoms with van der Waals surface area (Å²) in [6, 6.07) is -0.523. The van der Waals surface area contributed by atoms with Gasteiger partial charge in [-0.15, -0.1) is 0 Å². The number of carbonyl (C=O) groups excluding carboxylic acids is 2. The first-order valence-electron chi connectivity index (χ1n) is 10.5. The molecule has 0 saturated carbocycles. The lowest BCUT2D eigenvalue weighted by atomic mass is 9.99. The van der Waals surface area contributed by atoms with Crippen molar-refractivity contribution >= 4 is 11.9 Å². The van der Waals surface area contributed by atoms with Crippen LogP contribution in [0.2, 0.25) is 0 Å². The van der Waals surface area contributed by atoms with Crippen molar-refractivity contribution in [3.63, 3.8) is 0 Å². The Hall–Kier alpha value is -1.10. The van der Waals surface area contributed by atoms with Crippen LogP contribution in [0, 0.1) is 5.92 Å². The Morgan fingerprint density at radius 2 is 1.42 bits per heavy atom. The first-order valence-corrected chi connectivity index (χ1v) is 10.5. The van der Waals surface area contributed by atoms with E-state index in [0.29, 0.717) is 13.0 Å². The molecule has 5 nitrogen and oxygen atoms in total. The second-order valence-corrected chi connectivity index (χ2v) is 7.11. The minimum Gasteiger partial charge on any atom is -0.464 e. The zero-order valence-corrected chi connectivity index (χ0v) is 17.5. The van der Waals surface area contributed by atoms with Crippen LogP contribution in [0.3, 0.4) is 0 Å². The molecule has 0 saturated heterocycles. The van der Waals surface area contributed by atoms with Gasteiger partial charge in [0.05, 0.1) is 6.61 Å². The van der Waals surface area contributed by atoms with Crippen molar-refractivity contribution in [1.29, 1.82) is 0 Å². The van der Waals surface area contributed by atoms with Crippen molar-refractivity contribution in [3.05, 3.63) is 0 Å². The highest BCUT2D eigenvalue weighted by molar-refractivity contribution is 5.84.